The van der Waals surface area contributed by atoms with Crippen LogP contribution in [0.1, 0.15) is 53.9 Å². The Bertz CT molecular complexity index is 1050. The van der Waals surface area contributed by atoms with Crippen molar-refractivity contribution in [3.63, 3.8) is 0 Å². The van der Waals surface area contributed by atoms with Gasteiger partial charge in [-0.05, 0) is 40.1 Å². The first-order valence-corrected chi connectivity index (χ1v) is 15.7. The van der Waals surface area contributed by atoms with Crippen molar-refractivity contribution in [3.8, 4) is 0 Å². The number of Topliss-reactive ketones (excluding diaryl/α,β-unsaturated/α-hetero) is 1. The third-order valence-electron chi connectivity index (χ3n) is 8.31. The number of fused-ring (bicyclic) bond motifs is 1. The maximum atomic E-state index is 13.3. The molecule has 0 spiro atoms. The van der Waals surface area contributed by atoms with E-state index in [2.05, 4.69) is 95.3 Å². The molecule has 5 atom stereocenters. The summed E-state index contributed by atoms with van der Waals surface area (Å²) in [6, 6.07) is 21.4. The number of allylic oxidation sites excluding steroid dienone is 1. The highest BCUT2D eigenvalue weighted by Gasteiger charge is 2.50. The Balaban J connectivity index is 1.52. The number of hydrogen-bond donors (Lipinski definition) is 0. The quantitative estimate of drug-likeness (QED) is 0.199. The van der Waals surface area contributed by atoms with Gasteiger partial charge in [-0.2, -0.15) is 0 Å². The van der Waals surface area contributed by atoms with Crippen LogP contribution in [0.5, 0.6) is 0 Å². The largest absolute Gasteiger partial charge is 0.465 e. The molecule has 37 heavy (non-hydrogen) atoms. The Morgan fingerprint density at radius 3 is 2.14 bits per heavy atom. The summed E-state index contributed by atoms with van der Waals surface area (Å²) in [5, 5.41) is 2.50. The molecule has 1 aliphatic carbocycles. The smallest absolute Gasteiger partial charge is 0.313 e. The minimum absolute atomic E-state index is 0.0589. The van der Waals surface area contributed by atoms with Crippen LogP contribution in [0.4, 0.5) is 0 Å². The summed E-state index contributed by atoms with van der Waals surface area (Å²) in [4.78, 5) is 25.7. The van der Waals surface area contributed by atoms with E-state index in [1.165, 1.54) is 10.4 Å². The van der Waals surface area contributed by atoms with Gasteiger partial charge in [0.15, 0.2) is 0 Å². The van der Waals surface area contributed by atoms with Crippen LogP contribution in [0.25, 0.3) is 0 Å². The number of rotatable bonds is 8. The summed E-state index contributed by atoms with van der Waals surface area (Å²) in [5.41, 5.74) is 0. The maximum absolute atomic E-state index is 13.3. The summed E-state index contributed by atoms with van der Waals surface area (Å²) in [6.07, 6.45) is 6.28. The van der Waals surface area contributed by atoms with Gasteiger partial charge in [0.05, 0.1) is 12.5 Å². The number of cyclic esters (lactones) is 1. The second-order valence-corrected chi connectivity index (χ2v) is 16.3. The van der Waals surface area contributed by atoms with Gasteiger partial charge in [0, 0.05) is 24.9 Å². The second kappa shape index (κ2) is 11.5. The Labute approximate surface area is 223 Å². The lowest BCUT2D eigenvalue weighted by atomic mass is 9.70. The highest BCUT2D eigenvalue weighted by atomic mass is 28.4. The monoisotopic (exact) mass is 518 g/mol. The molecule has 2 aromatic carbocycles. The molecule has 4 rings (SSSR count). The predicted molar refractivity (Wildman–Crippen MR) is 151 cm³/mol. The fraction of sp³-hybridized carbons (Fsp3) is 0.500. The Hall–Kier alpha value is -2.50. The first kappa shape index (κ1) is 27.5. The van der Waals surface area contributed by atoms with Crippen molar-refractivity contribution < 1.29 is 18.8 Å². The van der Waals surface area contributed by atoms with Gasteiger partial charge in [0.2, 0.25) is 0 Å². The van der Waals surface area contributed by atoms with Crippen molar-refractivity contribution in [2.24, 2.45) is 29.6 Å². The van der Waals surface area contributed by atoms with Crippen LogP contribution in [0.3, 0.4) is 0 Å². The zero-order valence-corrected chi connectivity index (χ0v) is 24.0. The van der Waals surface area contributed by atoms with E-state index >= 15 is 0 Å². The molecule has 0 saturated carbocycles. The Kier molecular flexibility index (Phi) is 8.55. The predicted octanol–water partition coefficient (Wildman–Crippen LogP) is 5.55. The van der Waals surface area contributed by atoms with E-state index in [4.69, 9.17) is 9.16 Å². The van der Waals surface area contributed by atoms with Gasteiger partial charge < -0.3 is 9.16 Å². The highest BCUT2D eigenvalue weighted by Crippen LogP contribution is 2.40. The van der Waals surface area contributed by atoms with Crippen LogP contribution in [0.2, 0.25) is 5.04 Å². The van der Waals surface area contributed by atoms with Gasteiger partial charge >= 0.3 is 5.97 Å². The minimum atomic E-state index is -2.57. The second-order valence-electron chi connectivity index (χ2n) is 12.0. The molecule has 0 N–H and O–H groups in total. The van der Waals surface area contributed by atoms with Crippen molar-refractivity contribution >= 4 is 30.4 Å². The van der Waals surface area contributed by atoms with Crippen LogP contribution < -0.4 is 10.4 Å². The van der Waals surface area contributed by atoms with Gasteiger partial charge in [0.25, 0.3) is 8.32 Å². The van der Waals surface area contributed by atoms with E-state index in [9.17, 15) is 9.59 Å². The fourth-order valence-corrected chi connectivity index (χ4v) is 11.1. The average molecular weight is 519 g/mol. The van der Waals surface area contributed by atoms with Gasteiger partial charge in [-0.1, -0.05) is 107 Å². The number of carbonyl (C=O) groups is 2. The Morgan fingerprint density at radius 1 is 0.973 bits per heavy atom. The first-order chi connectivity index (χ1) is 17.6. The molecule has 2 aromatic rings. The number of esters is 1. The molecule has 1 saturated heterocycles. The third-order valence-corrected chi connectivity index (χ3v) is 13.3. The van der Waals surface area contributed by atoms with Crippen molar-refractivity contribution in [1.29, 1.82) is 0 Å². The number of ketones is 1. The van der Waals surface area contributed by atoms with Crippen molar-refractivity contribution in [2.75, 3.05) is 13.2 Å². The van der Waals surface area contributed by atoms with Gasteiger partial charge in [-0.3, -0.25) is 9.59 Å². The fourth-order valence-electron chi connectivity index (χ4n) is 6.48. The maximum Gasteiger partial charge on any atom is 0.313 e. The zero-order valence-electron chi connectivity index (χ0n) is 23.0. The van der Waals surface area contributed by atoms with Gasteiger partial charge in [-0.15, -0.1) is 0 Å². The zero-order chi connectivity index (χ0) is 26.6. The number of benzene rings is 2. The topological polar surface area (TPSA) is 52.6 Å². The number of carbonyl (C=O) groups excluding carboxylic acids is 2. The molecule has 0 radical (unpaired) electrons. The molecular weight excluding hydrogens is 476 g/mol. The summed E-state index contributed by atoms with van der Waals surface area (Å²) in [5.74, 6) is -0.118. The van der Waals surface area contributed by atoms with Crippen molar-refractivity contribution in [3.05, 3.63) is 72.8 Å². The molecule has 0 bridgehead atoms. The SMILES string of the molecule is C[C@H](CCCO[Si](c1ccccc1)(c1ccccc1)C(C)(C)C)[C@@H]1C(=O)C[C@@H](C)C=C[C@H]2C(=O)OC[C@H]12. The molecule has 1 heterocycles. The summed E-state index contributed by atoms with van der Waals surface area (Å²) in [6.45, 7) is 12.1. The van der Waals surface area contributed by atoms with E-state index in [1.54, 1.807) is 0 Å². The lowest BCUT2D eigenvalue weighted by Gasteiger charge is -2.43. The molecule has 198 valence electrons. The van der Waals surface area contributed by atoms with Gasteiger partial charge in [-0.25, -0.2) is 0 Å². The molecule has 0 amide bonds. The van der Waals surface area contributed by atoms with E-state index in [1.807, 2.05) is 12.2 Å². The molecule has 0 unspecified atom stereocenters. The third kappa shape index (κ3) is 5.68. The Morgan fingerprint density at radius 2 is 1.57 bits per heavy atom. The molecular formula is C32H42O4Si. The van der Waals surface area contributed by atoms with Crippen LogP contribution in [-0.2, 0) is 18.8 Å². The number of hydrogen-bond acceptors (Lipinski definition) is 4. The molecule has 0 aromatic heterocycles. The lowest BCUT2D eigenvalue weighted by molar-refractivity contribution is -0.140. The highest BCUT2D eigenvalue weighted by molar-refractivity contribution is 6.99. The molecule has 1 fully saturated rings. The molecule has 4 nitrogen and oxygen atoms in total. The van der Waals surface area contributed by atoms with E-state index in [-0.39, 0.29) is 46.4 Å². The molecule has 1 aliphatic heterocycles. The first-order valence-electron chi connectivity index (χ1n) is 13.8. The van der Waals surface area contributed by atoms with Crippen molar-refractivity contribution in [1.82, 2.24) is 0 Å². The molecule has 5 heteroatoms. The average Bonchev–Trinajstić information content (AvgIpc) is 3.21. The lowest BCUT2D eigenvalue weighted by Crippen LogP contribution is -2.66. The molecule has 2 aliphatic rings. The van der Waals surface area contributed by atoms with Crippen LogP contribution in [0.15, 0.2) is 72.8 Å². The van der Waals surface area contributed by atoms with Crippen LogP contribution >= 0.6 is 0 Å². The summed E-state index contributed by atoms with van der Waals surface area (Å²) < 4.78 is 12.5. The minimum Gasteiger partial charge on any atom is -0.465 e. The van der Waals surface area contributed by atoms with E-state index in [0.29, 0.717) is 19.6 Å². The summed E-state index contributed by atoms with van der Waals surface area (Å²) >= 11 is 0. The van der Waals surface area contributed by atoms with Crippen LogP contribution in [0, 0.1) is 29.6 Å². The van der Waals surface area contributed by atoms with E-state index in [0.717, 1.165) is 12.8 Å². The number of ether oxygens (including phenoxy) is 1. The van der Waals surface area contributed by atoms with E-state index < -0.39 is 8.32 Å². The van der Waals surface area contributed by atoms with Crippen LogP contribution in [-0.4, -0.2) is 33.3 Å². The summed E-state index contributed by atoms with van der Waals surface area (Å²) in [7, 11) is -2.57. The van der Waals surface area contributed by atoms with Gasteiger partial charge in [0.1, 0.15) is 5.78 Å². The normalized spacial score (nSPS) is 25.2. The standard InChI is InChI=1S/C32H42O4Si/c1-23-18-19-27-28(22-35-31(27)34)30(29(33)21-23)24(2)13-12-20-36-37(32(3,4)5,25-14-8-6-9-15-25)26-16-10-7-11-17-26/h6-11,14-19,23-24,27-28,30H,12-13,20-22H2,1-5H3/t23-,24+,27+,28-,30-/m0/s1. The van der Waals surface area contributed by atoms with Crippen molar-refractivity contribution in [2.45, 2.75) is 58.9 Å².